The molecule has 0 amide bonds. The van der Waals surface area contributed by atoms with E-state index in [0.29, 0.717) is 15.6 Å². The summed E-state index contributed by atoms with van der Waals surface area (Å²) in [6.07, 6.45) is -0.173. The Bertz CT molecular complexity index is 441. The molecule has 0 N–H and O–H groups in total. The lowest BCUT2D eigenvalue weighted by atomic mass is 10.0. The van der Waals surface area contributed by atoms with Crippen molar-refractivity contribution in [2.24, 2.45) is 0 Å². The Hall–Kier alpha value is -0.880. The van der Waals surface area contributed by atoms with E-state index in [2.05, 4.69) is 25.4 Å². The molecule has 0 bridgehead atoms. The molecule has 0 unspecified atom stereocenters. The van der Waals surface area contributed by atoms with E-state index >= 15 is 0 Å². The van der Waals surface area contributed by atoms with Gasteiger partial charge in [-0.1, -0.05) is 15.9 Å². The third kappa shape index (κ3) is 4.10. The highest BCUT2D eigenvalue weighted by atomic mass is 79.9. The fourth-order valence-corrected chi connectivity index (χ4v) is 2.13. The summed E-state index contributed by atoms with van der Waals surface area (Å²) in [5, 5.41) is 0. The lowest BCUT2D eigenvalue weighted by molar-refractivity contribution is -0.139. The van der Waals surface area contributed by atoms with E-state index in [1.54, 1.807) is 6.07 Å². The maximum absolute atomic E-state index is 12.3. The van der Waals surface area contributed by atoms with Crippen LogP contribution in [0.2, 0.25) is 0 Å². The Morgan fingerprint density at radius 3 is 2.67 bits per heavy atom. The van der Waals surface area contributed by atoms with Crippen molar-refractivity contribution in [3.05, 3.63) is 27.7 Å². The molecule has 0 heterocycles. The van der Waals surface area contributed by atoms with E-state index in [-0.39, 0.29) is 18.1 Å². The van der Waals surface area contributed by atoms with Crippen LogP contribution in [0, 0.1) is 0 Å². The molecule has 0 atom stereocenters. The van der Waals surface area contributed by atoms with Crippen molar-refractivity contribution in [2.45, 2.75) is 18.9 Å². The van der Waals surface area contributed by atoms with Gasteiger partial charge in [0.1, 0.15) is 5.75 Å². The second-order valence-electron chi connectivity index (χ2n) is 3.31. The normalized spacial score (nSPS) is 10.6. The van der Waals surface area contributed by atoms with Gasteiger partial charge in [-0.15, -0.1) is 11.6 Å². The number of hydrogen-bond acceptors (Lipinski definition) is 3. The highest BCUT2D eigenvalue weighted by molar-refractivity contribution is 9.10. The van der Waals surface area contributed by atoms with E-state index in [4.69, 9.17) is 11.6 Å². The molecule has 0 aromatic heterocycles. The first kappa shape index (κ1) is 15.2. The maximum atomic E-state index is 12.3. The first-order chi connectivity index (χ1) is 8.47. The molecule has 0 aliphatic heterocycles. The molecule has 0 spiro atoms. The van der Waals surface area contributed by atoms with Gasteiger partial charge in [-0.05, 0) is 17.7 Å². The average molecular weight is 344 g/mol. The van der Waals surface area contributed by atoms with E-state index < -0.39 is 12.6 Å². The van der Waals surface area contributed by atoms with Crippen LogP contribution < -0.4 is 4.74 Å². The second-order valence-corrected chi connectivity index (χ2v) is 4.49. The molecule has 1 aromatic rings. The predicted molar refractivity (Wildman–Crippen MR) is 66.1 cm³/mol. The van der Waals surface area contributed by atoms with E-state index in [9.17, 15) is 13.6 Å². The molecule has 7 heteroatoms. The Labute approximate surface area is 116 Å². The summed E-state index contributed by atoms with van der Waals surface area (Å²) in [7, 11) is 1.22. The Morgan fingerprint density at radius 2 is 2.17 bits per heavy atom. The SMILES string of the molecule is COC(=O)Cc1c(CCl)cc(Br)cc1OC(F)F. The molecule has 0 fully saturated rings. The zero-order valence-corrected chi connectivity index (χ0v) is 11.7. The van der Waals surface area contributed by atoms with Crippen molar-refractivity contribution in [3.8, 4) is 5.75 Å². The van der Waals surface area contributed by atoms with E-state index in [0.717, 1.165) is 0 Å². The Morgan fingerprint density at radius 1 is 1.50 bits per heavy atom. The van der Waals surface area contributed by atoms with Gasteiger partial charge < -0.3 is 9.47 Å². The monoisotopic (exact) mass is 342 g/mol. The Balaban J connectivity index is 3.19. The van der Waals surface area contributed by atoms with E-state index in [1.165, 1.54) is 13.2 Å². The summed E-state index contributed by atoms with van der Waals surface area (Å²) in [6, 6.07) is 3.00. The molecule has 0 aliphatic rings. The second kappa shape index (κ2) is 6.89. The van der Waals surface area contributed by atoms with E-state index in [1.807, 2.05) is 0 Å². The zero-order valence-electron chi connectivity index (χ0n) is 9.38. The van der Waals surface area contributed by atoms with Crippen molar-refractivity contribution in [1.82, 2.24) is 0 Å². The minimum absolute atomic E-state index is 0.0748. The molecule has 3 nitrogen and oxygen atoms in total. The van der Waals surface area contributed by atoms with Gasteiger partial charge in [0, 0.05) is 15.9 Å². The minimum atomic E-state index is -2.97. The summed E-state index contributed by atoms with van der Waals surface area (Å²) < 4.78 is 34.0. The van der Waals surface area contributed by atoms with Crippen LogP contribution in [-0.4, -0.2) is 19.7 Å². The van der Waals surface area contributed by atoms with Crippen LogP contribution in [0.5, 0.6) is 5.75 Å². The van der Waals surface area contributed by atoms with Crippen LogP contribution in [0.25, 0.3) is 0 Å². The van der Waals surface area contributed by atoms with Gasteiger partial charge in [-0.3, -0.25) is 4.79 Å². The number of benzene rings is 1. The van der Waals surface area contributed by atoms with Crippen LogP contribution in [0.1, 0.15) is 11.1 Å². The summed E-state index contributed by atoms with van der Waals surface area (Å²) in [5.41, 5.74) is 0.840. The topological polar surface area (TPSA) is 35.5 Å². The van der Waals surface area contributed by atoms with Gasteiger partial charge in [0.2, 0.25) is 0 Å². The number of rotatable bonds is 5. The molecular weight excluding hydrogens is 333 g/mol. The molecule has 18 heavy (non-hydrogen) atoms. The van der Waals surface area contributed by atoms with Gasteiger partial charge in [0.25, 0.3) is 0 Å². The van der Waals surface area contributed by atoms with Crippen molar-refractivity contribution in [3.63, 3.8) is 0 Å². The van der Waals surface area contributed by atoms with Crippen LogP contribution in [0.4, 0.5) is 8.78 Å². The summed E-state index contributed by atoms with van der Waals surface area (Å²) in [5.74, 6) is -0.561. The first-order valence-corrected chi connectivity index (χ1v) is 6.19. The lowest BCUT2D eigenvalue weighted by Gasteiger charge is -2.14. The van der Waals surface area contributed by atoms with Crippen LogP contribution in [0.3, 0.4) is 0 Å². The van der Waals surface area contributed by atoms with Crippen molar-refractivity contribution < 1.29 is 23.0 Å². The Kier molecular flexibility index (Phi) is 5.81. The number of methoxy groups -OCH3 is 1. The lowest BCUT2D eigenvalue weighted by Crippen LogP contribution is -2.11. The standard InChI is InChI=1S/C11H10BrClF2O3/c1-17-10(16)4-8-6(5-13)2-7(12)3-9(8)18-11(14)15/h2-3,11H,4-5H2,1H3. The fraction of sp³-hybridized carbons (Fsp3) is 0.364. The van der Waals surface area contributed by atoms with Gasteiger partial charge in [0.05, 0.1) is 13.5 Å². The maximum Gasteiger partial charge on any atom is 0.387 e. The van der Waals surface area contributed by atoms with Crippen molar-refractivity contribution in [1.29, 1.82) is 0 Å². The third-order valence-corrected chi connectivity index (χ3v) is 2.92. The zero-order chi connectivity index (χ0) is 13.7. The smallest absolute Gasteiger partial charge is 0.387 e. The van der Waals surface area contributed by atoms with Crippen LogP contribution in [0.15, 0.2) is 16.6 Å². The van der Waals surface area contributed by atoms with Crippen molar-refractivity contribution >= 4 is 33.5 Å². The number of carbonyl (C=O) groups excluding carboxylic acids is 1. The molecule has 100 valence electrons. The van der Waals surface area contributed by atoms with Gasteiger partial charge >= 0.3 is 12.6 Å². The summed E-state index contributed by atoms with van der Waals surface area (Å²) >= 11 is 8.88. The molecular formula is C11H10BrClF2O3. The number of ether oxygens (including phenoxy) is 2. The largest absolute Gasteiger partial charge is 0.469 e. The fourth-order valence-electron chi connectivity index (χ4n) is 1.40. The molecule has 0 saturated heterocycles. The summed E-state index contributed by atoms with van der Waals surface area (Å²) in [4.78, 5) is 11.3. The van der Waals surface area contributed by atoms with Gasteiger partial charge in [-0.2, -0.15) is 8.78 Å². The van der Waals surface area contributed by atoms with Crippen molar-refractivity contribution in [2.75, 3.05) is 7.11 Å². The quantitative estimate of drug-likeness (QED) is 0.606. The molecule has 1 aromatic carbocycles. The summed E-state index contributed by atoms with van der Waals surface area (Å²) in [6.45, 7) is -2.97. The molecule has 0 radical (unpaired) electrons. The average Bonchev–Trinajstić information content (AvgIpc) is 2.30. The van der Waals surface area contributed by atoms with Crippen LogP contribution >= 0.6 is 27.5 Å². The molecule has 0 saturated carbocycles. The molecule has 1 rings (SSSR count). The number of alkyl halides is 3. The number of carbonyl (C=O) groups is 1. The number of esters is 1. The van der Waals surface area contributed by atoms with Crippen LogP contribution in [-0.2, 0) is 21.8 Å². The third-order valence-electron chi connectivity index (χ3n) is 2.17. The number of halogens is 4. The molecule has 0 aliphatic carbocycles. The highest BCUT2D eigenvalue weighted by Crippen LogP contribution is 2.30. The predicted octanol–water partition coefficient (Wildman–Crippen LogP) is 3.50. The highest BCUT2D eigenvalue weighted by Gasteiger charge is 2.17. The first-order valence-electron chi connectivity index (χ1n) is 4.86. The number of hydrogen-bond donors (Lipinski definition) is 0. The van der Waals surface area contributed by atoms with Gasteiger partial charge in [-0.25, -0.2) is 0 Å². The minimum Gasteiger partial charge on any atom is -0.469 e. The van der Waals surface area contributed by atoms with Gasteiger partial charge in [0.15, 0.2) is 0 Å².